The highest BCUT2D eigenvalue weighted by Crippen LogP contribution is 2.60. The molecule has 1 N–H and O–H groups in total. The van der Waals surface area contributed by atoms with Crippen molar-refractivity contribution in [3.63, 3.8) is 0 Å². The van der Waals surface area contributed by atoms with Crippen LogP contribution in [0.15, 0.2) is 23.8 Å². The maximum atomic E-state index is 9.97. The number of fused-ring (bicyclic) bond motifs is 1. The molecule has 0 saturated heterocycles. The maximum absolute atomic E-state index is 9.97. The van der Waals surface area contributed by atoms with Crippen molar-refractivity contribution < 1.29 is 5.11 Å². The quantitative estimate of drug-likeness (QED) is 0.730. The van der Waals surface area contributed by atoms with Gasteiger partial charge < -0.3 is 5.11 Å². The summed E-state index contributed by atoms with van der Waals surface area (Å²) in [5.41, 5.74) is 3.17. The zero-order valence-corrected chi connectivity index (χ0v) is 12.3. The average Bonchev–Trinajstić information content (AvgIpc) is 2.38. The number of aliphatic hydroxyl groups excluding tert-OH is 1. The van der Waals surface area contributed by atoms with Gasteiger partial charge in [0.15, 0.2) is 0 Å². The van der Waals surface area contributed by atoms with E-state index in [0.717, 1.165) is 12.8 Å². The molecule has 102 valence electrons. The van der Waals surface area contributed by atoms with E-state index in [0.29, 0.717) is 12.5 Å². The Balaban J connectivity index is 2.46. The lowest BCUT2D eigenvalue weighted by Gasteiger charge is -2.54. The lowest BCUT2D eigenvalue weighted by molar-refractivity contribution is 0.0453. The highest BCUT2D eigenvalue weighted by atomic mass is 16.3. The van der Waals surface area contributed by atoms with Gasteiger partial charge in [-0.2, -0.15) is 0 Å². The molecule has 0 unspecified atom stereocenters. The van der Waals surface area contributed by atoms with Crippen molar-refractivity contribution in [1.82, 2.24) is 0 Å². The van der Waals surface area contributed by atoms with E-state index in [9.17, 15) is 5.11 Å². The summed E-state index contributed by atoms with van der Waals surface area (Å²) in [6.45, 7) is 11.4. The molecule has 0 aliphatic heterocycles. The third-order valence-electron chi connectivity index (χ3n) is 5.71. The van der Waals surface area contributed by atoms with Crippen LogP contribution >= 0.6 is 0 Å². The van der Waals surface area contributed by atoms with Crippen molar-refractivity contribution in [2.45, 2.75) is 59.3 Å². The van der Waals surface area contributed by atoms with Crippen LogP contribution in [0.1, 0.15) is 59.3 Å². The van der Waals surface area contributed by atoms with Crippen LogP contribution < -0.4 is 0 Å². The lowest BCUT2D eigenvalue weighted by atomic mass is 9.50. The molecule has 1 saturated carbocycles. The smallest absolute Gasteiger partial charge is 0.0524 e. The van der Waals surface area contributed by atoms with Gasteiger partial charge in [-0.3, -0.25) is 0 Å². The van der Waals surface area contributed by atoms with Gasteiger partial charge in [0.25, 0.3) is 0 Å². The molecular formula is C17H28O. The second-order valence-electron chi connectivity index (χ2n) is 6.66. The first kappa shape index (κ1) is 13.9. The molecule has 0 amide bonds. The Bertz CT molecular complexity index is 368. The molecule has 2 aliphatic carbocycles. The largest absolute Gasteiger partial charge is 0.395 e. The Labute approximate surface area is 112 Å². The molecule has 0 heterocycles. The second kappa shape index (κ2) is 4.85. The molecule has 0 aromatic heterocycles. The van der Waals surface area contributed by atoms with Gasteiger partial charge in [0.1, 0.15) is 0 Å². The molecule has 0 aromatic rings. The lowest BCUT2D eigenvalue weighted by Crippen LogP contribution is -2.46. The summed E-state index contributed by atoms with van der Waals surface area (Å²) in [4.78, 5) is 0. The fourth-order valence-corrected chi connectivity index (χ4v) is 4.53. The van der Waals surface area contributed by atoms with Gasteiger partial charge in [-0.25, -0.2) is 0 Å². The topological polar surface area (TPSA) is 20.2 Å². The van der Waals surface area contributed by atoms with Gasteiger partial charge in [-0.05, 0) is 56.8 Å². The van der Waals surface area contributed by atoms with Crippen LogP contribution in [0.3, 0.4) is 0 Å². The molecule has 0 bridgehead atoms. The van der Waals surface area contributed by atoms with Crippen LogP contribution in [0, 0.1) is 16.7 Å². The number of aliphatic hydroxyl groups is 1. The predicted octanol–water partition coefficient (Wildman–Crippen LogP) is 4.48. The van der Waals surface area contributed by atoms with Crippen LogP contribution in [0.5, 0.6) is 0 Å². The van der Waals surface area contributed by atoms with Crippen LogP contribution in [0.4, 0.5) is 0 Å². The number of allylic oxidation sites excluding steroid dienone is 2. The van der Waals surface area contributed by atoms with Crippen molar-refractivity contribution in [3.8, 4) is 0 Å². The molecule has 0 spiro atoms. The van der Waals surface area contributed by atoms with Crippen LogP contribution in [-0.4, -0.2) is 11.7 Å². The van der Waals surface area contributed by atoms with E-state index in [2.05, 4.69) is 33.4 Å². The summed E-state index contributed by atoms with van der Waals surface area (Å²) in [6, 6.07) is 0. The van der Waals surface area contributed by atoms with Crippen LogP contribution in [-0.2, 0) is 0 Å². The predicted molar refractivity (Wildman–Crippen MR) is 77.4 cm³/mol. The van der Waals surface area contributed by atoms with E-state index < -0.39 is 0 Å². The van der Waals surface area contributed by atoms with E-state index in [1.807, 2.05) is 0 Å². The normalized spacial score (nSPS) is 40.0. The standard InChI is InChI=1S/C17H28O/c1-5-16(4)14(13(2)3)9-11-17(12-18)10-7-6-8-15(16)17/h8,14,18H,2,5-7,9-12H2,1,3-4H3/t14-,16-,17+/m0/s1. The van der Waals surface area contributed by atoms with Gasteiger partial charge in [0.05, 0.1) is 6.61 Å². The molecule has 0 aromatic carbocycles. The minimum Gasteiger partial charge on any atom is -0.395 e. The molecule has 2 aliphatic rings. The number of hydrogen-bond acceptors (Lipinski definition) is 1. The Morgan fingerprint density at radius 3 is 2.78 bits per heavy atom. The summed E-state index contributed by atoms with van der Waals surface area (Å²) in [5, 5.41) is 9.97. The number of hydrogen-bond donors (Lipinski definition) is 1. The third-order valence-corrected chi connectivity index (χ3v) is 5.71. The summed E-state index contributed by atoms with van der Waals surface area (Å²) < 4.78 is 0. The Morgan fingerprint density at radius 1 is 1.50 bits per heavy atom. The van der Waals surface area contributed by atoms with Gasteiger partial charge in [0, 0.05) is 5.41 Å². The highest BCUT2D eigenvalue weighted by Gasteiger charge is 2.50. The van der Waals surface area contributed by atoms with Crippen molar-refractivity contribution in [3.05, 3.63) is 23.8 Å². The average molecular weight is 248 g/mol. The monoisotopic (exact) mass is 248 g/mol. The number of rotatable bonds is 3. The zero-order chi connectivity index (χ0) is 13.4. The molecule has 18 heavy (non-hydrogen) atoms. The molecular weight excluding hydrogens is 220 g/mol. The summed E-state index contributed by atoms with van der Waals surface area (Å²) in [6.07, 6.45) is 9.53. The molecule has 1 nitrogen and oxygen atoms in total. The van der Waals surface area contributed by atoms with E-state index in [1.165, 1.54) is 31.3 Å². The fourth-order valence-electron chi connectivity index (χ4n) is 4.53. The maximum Gasteiger partial charge on any atom is 0.0524 e. The first-order valence-corrected chi connectivity index (χ1v) is 7.47. The molecule has 1 heteroatoms. The van der Waals surface area contributed by atoms with E-state index >= 15 is 0 Å². The SMILES string of the molecule is C=C(C)[C@@H]1CC[C@@]2(CO)CCCC=C2[C@@]1(C)CC. The highest BCUT2D eigenvalue weighted by molar-refractivity contribution is 5.31. The summed E-state index contributed by atoms with van der Waals surface area (Å²) in [5.74, 6) is 0.589. The molecule has 3 atom stereocenters. The first-order valence-electron chi connectivity index (χ1n) is 7.47. The van der Waals surface area contributed by atoms with Crippen molar-refractivity contribution >= 4 is 0 Å². The van der Waals surface area contributed by atoms with Gasteiger partial charge in [0.2, 0.25) is 0 Å². The second-order valence-corrected chi connectivity index (χ2v) is 6.66. The van der Waals surface area contributed by atoms with Gasteiger partial charge in [-0.15, -0.1) is 0 Å². The first-order chi connectivity index (χ1) is 8.50. The summed E-state index contributed by atoms with van der Waals surface area (Å²) in [7, 11) is 0. The van der Waals surface area contributed by atoms with E-state index in [1.54, 1.807) is 5.57 Å². The molecule has 1 fully saturated rings. The molecule has 2 rings (SSSR count). The minimum atomic E-state index is 0.0922. The Hall–Kier alpha value is -0.560. The fraction of sp³-hybridized carbons (Fsp3) is 0.765. The Morgan fingerprint density at radius 2 is 2.22 bits per heavy atom. The van der Waals surface area contributed by atoms with Crippen molar-refractivity contribution in [2.75, 3.05) is 6.61 Å². The van der Waals surface area contributed by atoms with Crippen molar-refractivity contribution in [2.24, 2.45) is 16.7 Å². The van der Waals surface area contributed by atoms with Crippen molar-refractivity contribution in [1.29, 1.82) is 0 Å². The van der Waals surface area contributed by atoms with Gasteiger partial charge in [-0.1, -0.05) is 37.6 Å². The van der Waals surface area contributed by atoms with Gasteiger partial charge >= 0.3 is 0 Å². The minimum absolute atomic E-state index is 0.0922. The third kappa shape index (κ3) is 1.87. The summed E-state index contributed by atoms with van der Waals surface area (Å²) >= 11 is 0. The zero-order valence-electron chi connectivity index (χ0n) is 12.3. The molecule has 0 radical (unpaired) electrons. The Kier molecular flexibility index (Phi) is 3.73. The van der Waals surface area contributed by atoms with Crippen LogP contribution in [0.2, 0.25) is 0 Å². The van der Waals surface area contributed by atoms with E-state index in [4.69, 9.17) is 0 Å². The van der Waals surface area contributed by atoms with Crippen LogP contribution in [0.25, 0.3) is 0 Å². The van der Waals surface area contributed by atoms with E-state index in [-0.39, 0.29) is 10.8 Å².